The maximum atomic E-state index is 14.4. The summed E-state index contributed by atoms with van der Waals surface area (Å²) < 4.78 is 14.4. The summed E-state index contributed by atoms with van der Waals surface area (Å²) in [6, 6.07) is 13.2. The van der Waals surface area contributed by atoms with E-state index in [1.54, 1.807) is 36.4 Å². The Hall–Kier alpha value is -2.63. The molecule has 27 heavy (non-hydrogen) atoms. The van der Waals surface area contributed by atoms with Crippen molar-refractivity contribution in [2.75, 3.05) is 18.5 Å². The summed E-state index contributed by atoms with van der Waals surface area (Å²) >= 11 is 6.23. The number of hydrogen-bond donors (Lipinski definition) is 3. The number of phenols is 1. The van der Waals surface area contributed by atoms with Crippen molar-refractivity contribution in [3.8, 4) is 28.1 Å². The van der Waals surface area contributed by atoms with Crippen LogP contribution in [0.3, 0.4) is 0 Å². The molecular formula is C21H20ClFN2O2. The molecule has 0 aliphatic rings. The molecule has 4 nitrogen and oxygen atoms in total. The van der Waals surface area contributed by atoms with E-state index < -0.39 is 5.82 Å². The predicted molar refractivity (Wildman–Crippen MR) is 107 cm³/mol. The summed E-state index contributed by atoms with van der Waals surface area (Å²) in [4.78, 5) is 4.54. The van der Waals surface area contributed by atoms with Crippen molar-refractivity contribution in [1.29, 1.82) is 0 Å². The van der Waals surface area contributed by atoms with E-state index in [-0.39, 0.29) is 17.9 Å². The minimum Gasteiger partial charge on any atom is -0.507 e. The van der Waals surface area contributed by atoms with Crippen LogP contribution in [0.2, 0.25) is 5.02 Å². The largest absolute Gasteiger partial charge is 0.507 e. The average molecular weight is 387 g/mol. The second-order valence-electron chi connectivity index (χ2n) is 6.25. The summed E-state index contributed by atoms with van der Waals surface area (Å²) in [6.45, 7) is 2.48. The van der Waals surface area contributed by atoms with Crippen LogP contribution in [0.5, 0.6) is 5.75 Å². The minimum absolute atomic E-state index is 0.0529. The monoisotopic (exact) mass is 386 g/mol. The number of aromatic nitrogens is 1. The lowest BCUT2D eigenvalue weighted by molar-refractivity contribution is 0.292. The molecule has 3 aromatic rings. The number of aliphatic hydroxyl groups is 1. The van der Waals surface area contributed by atoms with Crippen molar-refractivity contribution in [3.05, 3.63) is 64.9 Å². The highest BCUT2D eigenvalue weighted by Crippen LogP contribution is 2.36. The van der Waals surface area contributed by atoms with Gasteiger partial charge >= 0.3 is 0 Å². The molecule has 0 spiro atoms. The van der Waals surface area contributed by atoms with E-state index in [4.69, 9.17) is 16.7 Å². The molecule has 6 heteroatoms. The molecule has 0 fully saturated rings. The maximum Gasteiger partial charge on any atom is 0.132 e. The molecule has 0 saturated carbocycles. The van der Waals surface area contributed by atoms with Crippen molar-refractivity contribution in [2.24, 2.45) is 0 Å². The second kappa shape index (κ2) is 8.37. The fraction of sp³-hybridized carbons (Fsp3) is 0.190. The number of halogens is 2. The van der Waals surface area contributed by atoms with E-state index in [2.05, 4.69) is 10.3 Å². The highest BCUT2D eigenvalue weighted by molar-refractivity contribution is 6.33. The molecule has 0 saturated heterocycles. The van der Waals surface area contributed by atoms with Crippen LogP contribution in [0.1, 0.15) is 12.0 Å². The van der Waals surface area contributed by atoms with Crippen LogP contribution in [0.4, 0.5) is 10.2 Å². The van der Waals surface area contributed by atoms with Gasteiger partial charge in [0, 0.05) is 24.3 Å². The van der Waals surface area contributed by atoms with Gasteiger partial charge in [0.05, 0.1) is 10.7 Å². The number of anilines is 1. The van der Waals surface area contributed by atoms with Crippen molar-refractivity contribution >= 4 is 17.4 Å². The number of hydrogen-bond acceptors (Lipinski definition) is 4. The Labute approximate surface area is 162 Å². The lowest BCUT2D eigenvalue weighted by Crippen LogP contribution is -2.06. The SMILES string of the molecule is Cc1ccc(O)c(-c2cc(-c3c(F)cccc3Cl)cc(NCCCO)n2)c1. The summed E-state index contributed by atoms with van der Waals surface area (Å²) in [5.41, 5.74) is 2.85. The molecule has 0 unspecified atom stereocenters. The molecule has 1 heterocycles. The molecule has 140 valence electrons. The summed E-state index contributed by atoms with van der Waals surface area (Å²) in [7, 11) is 0. The Morgan fingerprint density at radius 2 is 1.96 bits per heavy atom. The van der Waals surface area contributed by atoms with Gasteiger partial charge in [0.1, 0.15) is 17.4 Å². The lowest BCUT2D eigenvalue weighted by Gasteiger charge is -2.13. The quantitative estimate of drug-likeness (QED) is 0.520. The number of nitrogens with one attached hydrogen (secondary N) is 1. The number of nitrogens with zero attached hydrogens (tertiary/aromatic N) is 1. The first-order valence-electron chi connectivity index (χ1n) is 8.61. The van der Waals surface area contributed by atoms with Gasteiger partial charge in [-0.2, -0.15) is 0 Å². The molecule has 0 bridgehead atoms. The number of phenolic OH excluding ortho intramolecular Hbond substituents is 1. The van der Waals surface area contributed by atoms with E-state index in [0.29, 0.717) is 40.6 Å². The minimum atomic E-state index is -0.436. The first-order valence-corrected chi connectivity index (χ1v) is 8.98. The molecule has 0 aliphatic carbocycles. The van der Waals surface area contributed by atoms with E-state index in [1.807, 2.05) is 13.0 Å². The highest BCUT2D eigenvalue weighted by atomic mass is 35.5. The second-order valence-corrected chi connectivity index (χ2v) is 6.65. The topological polar surface area (TPSA) is 65.4 Å². The van der Waals surface area contributed by atoms with Crippen LogP contribution in [0, 0.1) is 12.7 Å². The van der Waals surface area contributed by atoms with Gasteiger partial charge in [-0.1, -0.05) is 29.3 Å². The smallest absolute Gasteiger partial charge is 0.132 e. The van der Waals surface area contributed by atoms with E-state index in [1.165, 1.54) is 6.07 Å². The number of aliphatic hydroxyl groups excluding tert-OH is 1. The summed E-state index contributed by atoms with van der Waals surface area (Å²) in [6.07, 6.45) is 0.553. The fourth-order valence-electron chi connectivity index (χ4n) is 2.83. The van der Waals surface area contributed by atoms with Crippen LogP contribution < -0.4 is 5.32 Å². The first-order chi connectivity index (χ1) is 13.0. The maximum absolute atomic E-state index is 14.4. The van der Waals surface area contributed by atoms with Gasteiger partial charge in [0.15, 0.2) is 0 Å². The van der Waals surface area contributed by atoms with Crippen LogP contribution in [0.25, 0.3) is 22.4 Å². The van der Waals surface area contributed by atoms with E-state index >= 15 is 0 Å². The van der Waals surface area contributed by atoms with Crippen molar-refractivity contribution < 1.29 is 14.6 Å². The van der Waals surface area contributed by atoms with Gasteiger partial charge < -0.3 is 15.5 Å². The van der Waals surface area contributed by atoms with Crippen molar-refractivity contribution in [2.45, 2.75) is 13.3 Å². The molecule has 3 rings (SSSR count). The molecule has 0 amide bonds. The van der Waals surface area contributed by atoms with Gasteiger partial charge in [0.2, 0.25) is 0 Å². The van der Waals surface area contributed by atoms with Gasteiger partial charge in [-0.25, -0.2) is 9.37 Å². The average Bonchev–Trinajstić information content (AvgIpc) is 2.64. The third-order valence-electron chi connectivity index (χ3n) is 4.15. The van der Waals surface area contributed by atoms with Gasteiger partial charge in [-0.15, -0.1) is 0 Å². The molecule has 2 aromatic carbocycles. The summed E-state index contributed by atoms with van der Waals surface area (Å²) in [5.74, 6) is 0.164. The van der Waals surface area contributed by atoms with Gasteiger partial charge in [-0.05, 0) is 55.3 Å². The molecule has 1 aromatic heterocycles. The Balaban J connectivity index is 2.16. The third kappa shape index (κ3) is 4.38. The fourth-order valence-corrected chi connectivity index (χ4v) is 3.10. The normalized spacial score (nSPS) is 10.8. The standard InChI is InChI=1S/C21H20ClFN2O2/c1-13-6-7-19(27)15(10-13)18-11-14(12-20(25-18)24-8-3-9-26)21-16(22)4-2-5-17(21)23/h2,4-7,10-12,26-27H,3,8-9H2,1H3,(H,24,25). The Morgan fingerprint density at radius 1 is 1.15 bits per heavy atom. The Kier molecular flexibility index (Phi) is 5.94. The molecule has 0 aliphatic heterocycles. The number of pyridine rings is 1. The number of aromatic hydroxyl groups is 1. The van der Waals surface area contributed by atoms with Crippen LogP contribution in [-0.4, -0.2) is 28.3 Å². The molecule has 0 atom stereocenters. The number of benzene rings is 2. The van der Waals surface area contributed by atoms with Gasteiger partial charge in [0.25, 0.3) is 0 Å². The van der Waals surface area contributed by atoms with Crippen LogP contribution in [0.15, 0.2) is 48.5 Å². The predicted octanol–water partition coefficient (Wildman–Crippen LogP) is 5.02. The van der Waals surface area contributed by atoms with Crippen LogP contribution in [-0.2, 0) is 0 Å². The first kappa shape index (κ1) is 19.1. The van der Waals surface area contributed by atoms with E-state index in [9.17, 15) is 9.50 Å². The molecular weight excluding hydrogens is 367 g/mol. The van der Waals surface area contributed by atoms with Crippen molar-refractivity contribution in [1.82, 2.24) is 4.98 Å². The zero-order valence-electron chi connectivity index (χ0n) is 14.8. The van der Waals surface area contributed by atoms with E-state index in [0.717, 1.165) is 5.56 Å². The zero-order valence-corrected chi connectivity index (χ0v) is 15.6. The molecule has 3 N–H and O–H groups in total. The number of rotatable bonds is 6. The van der Waals surface area contributed by atoms with Crippen LogP contribution >= 0.6 is 11.6 Å². The third-order valence-corrected chi connectivity index (χ3v) is 4.46. The zero-order chi connectivity index (χ0) is 19.4. The lowest BCUT2D eigenvalue weighted by atomic mass is 10.0. The van der Waals surface area contributed by atoms with Gasteiger partial charge in [-0.3, -0.25) is 0 Å². The molecule has 0 radical (unpaired) electrons. The Bertz CT molecular complexity index is 943. The Morgan fingerprint density at radius 3 is 2.70 bits per heavy atom. The summed E-state index contributed by atoms with van der Waals surface area (Å²) in [5, 5.41) is 22.7. The number of aryl methyl sites for hydroxylation is 1. The highest BCUT2D eigenvalue weighted by Gasteiger charge is 2.15. The van der Waals surface area contributed by atoms with Crippen molar-refractivity contribution in [3.63, 3.8) is 0 Å².